The number of rotatable bonds is 3. The molecule has 0 saturated carbocycles. The van der Waals surface area contributed by atoms with Crippen LogP contribution in [-0.4, -0.2) is 12.6 Å². The molecule has 1 aliphatic heterocycles. The van der Waals surface area contributed by atoms with Crippen LogP contribution in [-0.2, 0) is 6.42 Å². The molecule has 1 N–H and O–H groups in total. The van der Waals surface area contributed by atoms with Gasteiger partial charge in [0.05, 0.1) is 0 Å². The fourth-order valence-corrected chi connectivity index (χ4v) is 2.27. The number of nitrogens with one attached hydrogen (secondary N) is 1. The van der Waals surface area contributed by atoms with E-state index >= 15 is 0 Å². The molecule has 1 nitrogen and oxygen atoms in total. The SMILES string of the molecule is Cc1ccc(CC2CCCN2)cc1C(F)F. The minimum Gasteiger partial charge on any atom is -0.314 e. The lowest BCUT2D eigenvalue weighted by Crippen LogP contribution is -2.23. The summed E-state index contributed by atoms with van der Waals surface area (Å²) in [7, 11) is 0. The summed E-state index contributed by atoms with van der Waals surface area (Å²) in [5, 5.41) is 3.38. The van der Waals surface area contributed by atoms with Crippen molar-refractivity contribution in [2.45, 2.75) is 38.7 Å². The van der Waals surface area contributed by atoms with Crippen LogP contribution in [0.25, 0.3) is 0 Å². The van der Waals surface area contributed by atoms with E-state index in [2.05, 4.69) is 5.32 Å². The van der Waals surface area contributed by atoms with E-state index in [-0.39, 0.29) is 5.56 Å². The van der Waals surface area contributed by atoms with Gasteiger partial charge in [0, 0.05) is 11.6 Å². The van der Waals surface area contributed by atoms with E-state index in [1.807, 2.05) is 6.07 Å². The molecule has 0 aliphatic carbocycles. The molecule has 1 atom stereocenters. The van der Waals surface area contributed by atoms with Gasteiger partial charge in [-0.3, -0.25) is 0 Å². The van der Waals surface area contributed by atoms with E-state index in [9.17, 15) is 8.78 Å². The summed E-state index contributed by atoms with van der Waals surface area (Å²) >= 11 is 0. The zero-order valence-corrected chi connectivity index (χ0v) is 9.47. The fraction of sp³-hybridized carbons (Fsp3) is 0.538. The molecule has 1 saturated heterocycles. The van der Waals surface area contributed by atoms with Crippen LogP contribution in [0.3, 0.4) is 0 Å². The zero-order valence-electron chi connectivity index (χ0n) is 9.47. The average Bonchev–Trinajstić information content (AvgIpc) is 2.73. The molecule has 0 amide bonds. The minimum absolute atomic E-state index is 0.176. The van der Waals surface area contributed by atoms with Gasteiger partial charge in [-0.15, -0.1) is 0 Å². The molecule has 16 heavy (non-hydrogen) atoms. The minimum atomic E-state index is -2.36. The first-order chi connectivity index (χ1) is 7.66. The summed E-state index contributed by atoms with van der Waals surface area (Å²) in [4.78, 5) is 0. The number of aryl methyl sites for hydroxylation is 1. The lowest BCUT2D eigenvalue weighted by atomic mass is 9.99. The Morgan fingerprint density at radius 3 is 2.88 bits per heavy atom. The quantitative estimate of drug-likeness (QED) is 0.832. The van der Waals surface area contributed by atoms with Gasteiger partial charge in [0.15, 0.2) is 0 Å². The molecule has 0 radical (unpaired) electrons. The van der Waals surface area contributed by atoms with Crippen molar-refractivity contribution >= 4 is 0 Å². The van der Waals surface area contributed by atoms with Crippen LogP contribution >= 0.6 is 0 Å². The topological polar surface area (TPSA) is 12.0 Å². The molecule has 1 fully saturated rings. The van der Waals surface area contributed by atoms with Crippen molar-refractivity contribution in [1.82, 2.24) is 5.32 Å². The van der Waals surface area contributed by atoms with Crippen molar-refractivity contribution in [1.29, 1.82) is 0 Å². The third-order valence-corrected chi connectivity index (χ3v) is 3.22. The first-order valence-electron chi connectivity index (χ1n) is 5.78. The number of halogens is 2. The lowest BCUT2D eigenvalue weighted by Gasteiger charge is -2.12. The molecule has 0 bridgehead atoms. The highest BCUT2D eigenvalue weighted by Crippen LogP contribution is 2.24. The molecule has 1 heterocycles. The Hall–Kier alpha value is -0.960. The Kier molecular flexibility index (Phi) is 3.54. The standard InChI is InChI=1S/C13H17F2N/c1-9-4-5-10(8-12(9)13(14)15)7-11-3-2-6-16-11/h4-5,8,11,13,16H,2-3,6-7H2,1H3. The van der Waals surface area contributed by atoms with Crippen molar-refractivity contribution in [2.75, 3.05) is 6.54 Å². The maximum absolute atomic E-state index is 12.7. The van der Waals surface area contributed by atoms with Gasteiger partial charge in [0.1, 0.15) is 0 Å². The van der Waals surface area contributed by atoms with E-state index in [0.717, 1.165) is 24.9 Å². The van der Waals surface area contributed by atoms with Gasteiger partial charge in [-0.05, 0) is 49.9 Å². The lowest BCUT2D eigenvalue weighted by molar-refractivity contribution is 0.150. The van der Waals surface area contributed by atoms with Crippen molar-refractivity contribution in [3.63, 3.8) is 0 Å². The summed E-state index contributed by atoms with van der Waals surface area (Å²) in [5.41, 5.74) is 1.87. The van der Waals surface area contributed by atoms with Gasteiger partial charge in [-0.1, -0.05) is 12.1 Å². The van der Waals surface area contributed by atoms with Gasteiger partial charge in [0.25, 0.3) is 6.43 Å². The van der Waals surface area contributed by atoms with E-state index in [4.69, 9.17) is 0 Å². The van der Waals surface area contributed by atoms with Crippen LogP contribution in [0.1, 0.15) is 36.0 Å². The summed E-state index contributed by atoms with van der Waals surface area (Å²) in [6.45, 7) is 2.79. The molecule has 0 spiro atoms. The number of benzene rings is 1. The Labute approximate surface area is 94.9 Å². The Balaban J connectivity index is 2.12. The number of hydrogen-bond donors (Lipinski definition) is 1. The highest BCUT2D eigenvalue weighted by molar-refractivity contribution is 5.32. The molecule has 88 valence electrons. The fourth-order valence-electron chi connectivity index (χ4n) is 2.27. The van der Waals surface area contributed by atoms with E-state index in [0.29, 0.717) is 11.6 Å². The van der Waals surface area contributed by atoms with E-state index in [1.165, 1.54) is 6.42 Å². The van der Waals surface area contributed by atoms with E-state index in [1.54, 1.807) is 19.1 Å². The normalized spacial score (nSPS) is 20.6. The van der Waals surface area contributed by atoms with Crippen LogP contribution < -0.4 is 5.32 Å². The largest absolute Gasteiger partial charge is 0.314 e. The first kappa shape index (κ1) is 11.5. The molecular formula is C13H17F2N. The Morgan fingerprint density at radius 2 is 2.25 bits per heavy atom. The second-order valence-corrected chi connectivity index (χ2v) is 4.49. The molecule has 1 unspecified atom stereocenters. The zero-order chi connectivity index (χ0) is 11.5. The highest BCUT2D eigenvalue weighted by atomic mass is 19.3. The van der Waals surface area contributed by atoms with Crippen LogP contribution in [0.4, 0.5) is 8.78 Å². The van der Waals surface area contributed by atoms with Crippen LogP contribution in [0.2, 0.25) is 0 Å². The summed E-state index contributed by atoms with van der Waals surface area (Å²) in [6, 6.07) is 5.88. The van der Waals surface area contributed by atoms with Crippen molar-refractivity contribution < 1.29 is 8.78 Å². The number of hydrogen-bond acceptors (Lipinski definition) is 1. The van der Waals surface area contributed by atoms with Crippen molar-refractivity contribution in [2.24, 2.45) is 0 Å². The molecule has 2 rings (SSSR count). The molecule has 1 aromatic carbocycles. The third-order valence-electron chi connectivity index (χ3n) is 3.22. The maximum Gasteiger partial charge on any atom is 0.264 e. The summed E-state index contributed by atoms with van der Waals surface area (Å²) in [5.74, 6) is 0. The van der Waals surface area contributed by atoms with Gasteiger partial charge in [0.2, 0.25) is 0 Å². The van der Waals surface area contributed by atoms with Crippen LogP contribution in [0.15, 0.2) is 18.2 Å². The van der Waals surface area contributed by atoms with Crippen LogP contribution in [0.5, 0.6) is 0 Å². The second kappa shape index (κ2) is 4.91. The molecule has 1 aliphatic rings. The predicted molar refractivity (Wildman–Crippen MR) is 60.9 cm³/mol. The van der Waals surface area contributed by atoms with Gasteiger partial charge < -0.3 is 5.32 Å². The van der Waals surface area contributed by atoms with Gasteiger partial charge in [-0.2, -0.15) is 0 Å². The monoisotopic (exact) mass is 225 g/mol. The average molecular weight is 225 g/mol. The van der Waals surface area contributed by atoms with Crippen LogP contribution in [0, 0.1) is 6.92 Å². The van der Waals surface area contributed by atoms with Crippen molar-refractivity contribution in [3.05, 3.63) is 34.9 Å². The Morgan fingerprint density at radius 1 is 1.44 bits per heavy atom. The first-order valence-corrected chi connectivity index (χ1v) is 5.78. The summed E-state index contributed by atoms with van der Waals surface area (Å²) < 4.78 is 25.4. The van der Waals surface area contributed by atoms with Gasteiger partial charge in [-0.25, -0.2) is 8.78 Å². The Bertz CT molecular complexity index is 357. The number of alkyl halides is 2. The highest BCUT2D eigenvalue weighted by Gasteiger charge is 2.16. The third kappa shape index (κ3) is 2.59. The van der Waals surface area contributed by atoms with E-state index < -0.39 is 6.43 Å². The van der Waals surface area contributed by atoms with Crippen molar-refractivity contribution in [3.8, 4) is 0 Å². The maximum atomic E-state index is 12.7. The predicted octanol–water partition coefficient (Wildman–Crippen LogP) is 3.23. The second-order valence-electron chi connectivity index (χ2n) is 4.49. The molecule has 3 heteroatoms. The molecular weight excluding hydrogens is 208 g/mol. The molecule has 1 aromatic rings. The summed E-state index contributed by atoms with van der Waals surface area (Å²) in [6.07, 6.45) is 0.840. The smallest absolute Gasteiger partial charge is 0.264 e. The molecule has 0 aromatic heterocycles. The van der Waals surface area contributed by atoms with Gasteiger partial charge >= 0.3 is 0 Å².